The summed E-state index contributed by atoms with van der Waals surface area (Å²) in [5.74, 6) is 0. The van der Waals surface area contributed by atoms with Gasteiger partial charge in [0.2, 0.25) is 20.9 Å². The van der Waals surface area contributed by atoms with E-state index in [0.717, 1.165) is 0 Å². The molecule has 110 valence electrons. The number of benzene rings is 1. The highest BCUT2D eigenvalue weighted by Crippen LogP contribution is 2.33. The summed E-state index contributed by atoms with van der Waals surface area (Å²) >= 11 is 1.87. The second kappa shape index (κ2) is 6.30. The first-order chi connectivity index (χ1) is 8.98. The van der Waals surface area contributed by atoms with Crippen molar-refractivity contribution in [3.8, 4) is 0 Å². The van der Waals surface area contributed by atoms with Gasteiger partial charge in [-0.15, -0.1) is 10.2 Å². The Bertz CT molecular complexity index is 582. The molecule has 20 heavy (non-hydrogen) atoms. The van der Waals surface area contributed by atoms with Crippen molar-refractivity contribution in [1.29, 1.82) is 0 Å². The van der Waals surface area contributed by atoms with Crippen molar-refractivity contribution in [3.05, 3.63) is 40.8 Å². The molecule has 0 aliphatic carbocycles. The lowest BCUT2D eigenvalue weighted by molar-refractivity contribution is -2.00. The summed E-state index contributed by atoms with van der Waals surface area (Å²) in [6.45, 7) is 9.02. The van der Waals surface area contributed by atoms with Gasteiger partial charge in [0, 0.05) is 24.4 Å². The van der Waals surface area contributed by atoms with Crippen molar-refractivity contribution in [2.24, 2.45) is 0 Å². The monoisotopic (exact) mass is 316 g/mol. The third kappa shape index (κ3) is 5.66. The largest absolute Gasteiger partial charge is 0.238 e. The molecule has 0 N–H and O–H groups in total. The fourth-order valence-corrected chi connectivity index (χ4v) is 2.84. The molecule has 0 unspecified atom stereocenters. The minimum Gasteiger partial charge on any atom is -0.222 e. The molecule has 0 saturated heterocycles. The number of aryl methyl sites for hydroxylation is 1. The molecule has 0 aliphatic heterocycles. The summed E-state index contributed by atoms with van der Waals surface area (Å²) < 4.78 is 35.4. The van der Waals surface area contributed by atoms with Crippen LogP contribution in [-0.4, -0.2) is 0 Å². The van der Waals surface area contributed by atoms with Crippen LogP contribution in [0.25, 0.3) is 10.1 Å². The second-order valence-electron chi connectivity index (χ2n) is 5.39. The van der Waals surface area contributed by atoms with Crippen LogP contribution < -0.4 is 18.6 Å². The molecule has 0 fully saturated rings. The third-order valence-corrected chi connectivity index (χ3v) is 3.62. The average molecular weight is 317 g/mol. The molecule has 6 heteroatoms. The van der Waals surface area contributed by atoms with E-state index >= 15 is 0 Å². The van der Waals surface area contributed by atoms with Crippen LogP contribution in [0, 0.1) is 17.2 Å². The van der Waals surface area contributed by atoms with E-state index in [9.17, 15) is 0 Å². The SMILES string of the molecule is Cc1cc(C(C)(C)C)c2ccccc2[s+]1.[O-][Cl+3]([O-])([O-])[O-]. The van der Waals surface area contributed by atoms with Crippen molar-refractivity contribution >= 4 is 21.4 Å². The van der Waals surface area contributed by atoms with Gasteiger partial charge in [-0.25, -0.2) is 18.6 Å². The highest BCUT2D eigenvalue weighted by atomic mass is 35.7. The van der Waals surface area contributed by atoms with Crippen LogP contribution in [0.4, 0.5) is 0 Å². The maximum Gasteiger partial charge on any atom is 0.238 e. The van der Waals surface area contributed by atoms with Gasteiger partial charge in [-0.3, -0.25) is 0 Å². The van der Waals surface area contributed by atoms with Crippen molar-refractivity contribution in [2.45, 2.75) is 33.1 Å². The molecule has 1 heterocycles. The van der Waals surface area contributed by atoms with E-state index in [0.29, 0.717) is 0 Å². The van der Waals surface area contributed by atoms with Crippen LogP contribution in [0.15, 0.2) is 30.3 Å². The molecule has 0 saturated carbocycles. The molecule has 4 nitrogen and oxygen atoms in total. The first kappa shape index (κ1) is 17.2. The smallest absolute Gasteiger partial charge is 0.222 e. The molecule has 0 amide bonds. The summed E-state index contributed by atoms with van der Waals surface area (Å²) in [5, 5.41) is 1.40. The molecule has 1 aromatic heterocycles. The third-order valence-electron chi connectivity index (χ3n) is 2.60. The lowest BCUT2D eigenvalue weighted by Crippen LogP contribution is -2.68. The Hall–Kier alpha value is -0.820. The molecule has 0 bridgehead atoms. The lowest BCUT2D eigenvalue weighted by Gasteiger charge is -2.19. The first-order valence-electron chi connectivity index (χ1n) is 5.93. The summed E-state index contributed by atoms with van der Waals surface area (Å²) in [5.41, 5.74) is 1.67. The van der Waals surface area contributed by atoms with E-state index in [4.69, 9.17) is 18.6 Å². The van der Waals surface area contributed by atoms with Gasteiger partial charge in [0.05, 0.1) is 0 Å². The van der Waals surface area contributed by atoms with Crippen LogP contribution in [0.2, 0.25) is 0 Å². The summed E-state index contributed by atoms with van der Waals surface area (Å²) in [6, 6.07) is 11.0. The topological polar surface area (TPSA) is 92.2 Å². The fourth-order valence-electron chi connectivity index (χ4n) is 1.88. The molecule has 0 radical (unpaired) electrons. The zero-order valence-electron chi connectivity index (χ0n) is 11.8. The van der Waals surface area contributed by atoms with Gasteiger partial charge in [-0.2, -0.15) is 0 Å². The second-order valence-corrected chi connectivity index (χ2v) is 7.44. The van der Waals surface area contributed by atoms with E-state index in [2.05, 4.69) is 58.0 Å². The zero-order valence-corrected chi connectivity index (χ0v) is 13.4. The number of fused-ring (bicyclic) bond motifs is 1. The van der Waals surface area contributed by atoms with Gasteiger partial charge in [0.25, 0.3) is 0 Å². The van der Waals surface area contributed by atoms with Crippen molar-refractivity contribution in [1.82, 2.24) is 0 Å². The van der Waals surface area contributed by atoms with Crippen molar-refractivity contribution in [3.63, 3.8) is 0 Å². The van der Waals surface area contributed by atoms with Gasteiger partial charge in [0.15, 0.2) is 0 Å². The summed E-state index contributed by atoms with van der Waals surface area (Å²) in [7, 11) is -4.94. The normalized spacial score (nSPS) is 12.0. The maximum absolute atomic E-state index is 8.49. The average Bonchev–Trinajstić information content (AvgIpc) is 2.24. The van der Waals surface area contributed by atoms with E-state index in [1.807, 2.05) is 11.3 Å². The predicted octanol–water partition coefficient (Wildman–Crippen LogP) is 0.0323. The van der Waals surface area contributed by atoms with Gasteiger partial charge >= 0.3 is 0 Å². The molecular weight excluding hydrogens is 300 g/mol. The minimum atomic E-state index is -4.94. The number of rotatable bonds is 0. The first-order valence-corrected chi connectivity index (χ1v) is 7.98. The quantitative estimate of drug-likeness (QED) is 0.641. The Morgan fingerprint density at radius 2 is 1.50 bits per heavy atom. The van der Waals surface area contributed by atoms with Gasteiger partial charge < -0.3 is 0 Å². The standard InChI is InChI=1S/C14H17S.ClHO4/c1-10-9-12(14(2,3)4)11-7-5-6-8-13(11)15-10;2-1(3,4)5/h5-9H,1-4H3;(H,2,3,4,5)/q+1;/p-1. The van der Waals surface area contributed by atoms with Crippen LogP contribution in [0.3, 0.4) is 0 Å². The predicted molar refractivity (Wildman–Crippen MR) is 69.7 cm³/mol. The summed E-state index contributed by atoms with van der Waals surface area (Å²) in [6.07, 6.45) is 0. The number of hydrogen-bond donors (Lipinski definition) is 0. The Labute approximate surface area is 124 Å². The lowest BCUT2D eigenvalue weighted by atomic mass is 9.85. The molecule has 1 aromatic carbocycles. The zero-order chi connectivity index (χ0) is 15.6. The molecule has 2 aromatic rings. The minimum absolute atomic E-state index is 0.221. The highest BCUT2D eigenvalue weighted by molar-refractivity contribution is 7.18. The van der Waals surface area contributed by atoms with Crippen molar-refractivity contribution in [2.75, 3.05) is 0 Å². The van der Waals surface area contributed by atoms with Gasteiger partial charge in [-0.05, 0) is 17.0 Å². The van der Waals surface area contributed by atoms with Crippen molar-refractivity contribution < 1.29 is 28.9 Å². The van der Waals surface area contributed by atoms with Crippen LogP contribution >= 0.6 is 11.3 Å². The van der Waals surface area contributed by atoms with E-state index in [1.54, 1.807) is 0 Å². The Morgan fingerprint density at radius 1 is 1.00 bits per heavy atom. The van der Waals surface area contributed by atoms with Crippen LogP contribution in [0.1, 0.15) is 31.2 Å². The maximum atomic E-state index is 8.49. The van der Waals surface area contributed by atoms with E-state index in [-0.39, 0.29) is 5.41 Å². The Morgan fingerprint density at radius 3 is 2.00 bits per heavy atom. The van der Waals surface area contributed by atoms with E-state index in [1.165, 1.54) is 20.5 Å². The van der Waals surface area contributed by atoms with Gasteiger partial charge in [0.1, 0.15) is 0 Å². The fraction of sp³-hybridized carbons (Fsp3) is 0.357. The number of hydrogen-bond acceptors (Lipinski definition) is 4. The molecular formula is C14H17ClO4S. The van der Waals surface area contributed by atoms with E-state index < -0.39 is 10.2 Å². The molecule has 0 aliphatic rings. The molecule has 0 spiro atoms. The van der Waals surface area contributed by atoms with Crippen LogP contribution in [-0.2, 0) is 5.41 Å². The molecule has 2 rings (SSSR count). The Balaban J connectivity index is 0.000000347. The summed E-state index contributed by atoms with van der Waals surface area (Å²) in [4.78, 5) is 1.39. The van der Waals surface area contributed by atoms with Crippen LogP contribution in [0.5, 0.6) is 0 Å². The number of halogens is 1. The highest BCUT2D eigenvalue weighted by Gasteiger charge is 2.21. The molecule has 0 atom stereocenters. The van der Waals surface area contributed by atoms with Gasteiger partial charge in [-0.1, -0.05) is 32.9 Å². The Kier molecular flexibility index (Phi) is 5.43.